The third-order valence-electron chi connectivity index (χ3n) is 6.61. The fourth-order valence-electron chi connectivity index (χ4n) is 5.00. The molecule has 0 N–H and O–H groups in total. The molecule has 2 heterocycles. The highest BCUT2D eigenvalue weighted by molar-refractivity contribution is 8.16. The molecule has 0 bridgehead atoms. The molecule has 0 fully saturated rings. The Morgan fingerprint density at radius 3 is 2.43 bits per heavy atom. The van der Waals surface area contributed by atoms with Gasteiger partial charge < -0.3 is 4.90 Å². The topological polar surface area (TPSA) is 15.6 Å². The van der Waals surface area contributed by atoms with Crippen LogP contribution in [-0.4, -0.2) is 10.1 Å². The van der Waals surface area contributed by atoms with Crippen molar-refractivity contribution < 1.29 is 4.39 Å². The highest BCUT2D eigenvalue weighted by Gasteiger charge is 2.40. The van der Waals surface area contributed by atoms with Crippen LogP contribution in [-0.2, 0) is 0 Å². The van der Waals surface area contributed by atoms with E-state index < -0.39 is 0 Å². The summed E-state index contributed by atoms with van der Waals surface area (Å²) in [5.41, 5.74) is 7.48. The van der Waals surface area contributed by atoms with E-state index in [0.29, 0.717) is 0 Å². The van der Waals surface area contributed by atoms with Gasteiger partial charge >= 0.3 is 0 Å². The number of nitrogens with zero attached hydrogens (tertiary/aromatic N) is 2. The Labute approximate surface area is 218 Å². The zero-order valence-electron chi connectivity index (χ0n) is 18.7. The standard InChI is InChI=1S/C29H21Cl2FN2S/c30-24-10-3-1-6-19(24)16-20-7-5-9-23-27(20)33-29-34(28(23)22-8-2-4-11-25(22)31)26(17-35-29)18-12-14-21(32)15-13-18/h1-4,6,8,10-17,28H,5,7,9H2. The third kappa shape index (κ3) is 4.14. The second-order valence-corrected chi connectivity index (χ2v) is 10.4. The summed E-state index contributed by atoms with van der Waals surface area (Å²) in [5, 5.41) is 4.46. The number of aliphatic imine (C=N–C) groups is 1. The summed E-state index contributed by atoms with van der Waals surface area (Å²) < 4.78 is 13.7. The number of thioether (sulfide) groups is 1. The Kier molecular flexibility index (Phi) is 6.05. The van der Waals surface area contributed by atoms with Gasteiger partial charge in [0.15, 0.2) is 5.17 Å². The molecule has 0 radical (unpaired) electrons. The first kappa shape index (κ1) is 22.7. The van der Waals surface area contributed by atoms with E-state index in [4.69, 9.17) is 28.2 Å². The number of halogens is 3. The SMILES string of the molecule is Fc1ccc(C2=CSC3=NC4=C(CCCC4=Cc4ccccc4Cl)C(c4ccccc4Cl)N23)cc1. The van der Waals surface area contributed by atoms with Gasteiger partial charge in [0, 0.05) is 15.5 Å². The molecule has 2 nitrogen and oxygen atoms in total. The number of hydrogen-bond donors (Lipinski definition) is 0. The Morgan fingerprint density at radius 1 is 0.914 bits per heavy atom. The van der Waals surface area contributed by atoms with Gasteiger partial charge in [0.05, 0.1) is 17.4 Å². The Balaban J connectivity index is 1.52. The highest BCUT2D eigenvalue weighted by Crippen LogP contribution is 2.52. The zero-order valence-corrected chi connectivity index (χ0v) is 21.0. The van der Waals surface area contributed by atoms with Gasteiger partial charge in [0.25, 0.3) is 0 Å². The lowest BCUT2D eigenvalue weighted by atomic mass is 9.82. The van der Waals surface area contributed by atoms with Gasteiger partial charge in [-0.15, -0.1) is 0 Å². The molecule has 1 aliphatic carbocycles. The van der Waals surface area contributed by atoms with Crippen LogP contribution in [0.3, 0.4) is 0 Å². The van der Waals surface area contributed by atoms with Gasteiger partial charge in [0.2, 0.25) is 0 Å². The van der Waals surface area contributed by atoms with Crippen LogP contribution < -0.4 is 0 Å². The summed E-state index contributed by atoms with van der Waals surface area (Å²) in [6.07, 6.45) is 5.07. The molecule has 2 aliphatic heterocycles. The zero-order chi connectivity index (χ0) is 23.9. The van der Waals surface area contributed by atoms with Gasteiger partial charge in [-0.05, 0) is 89.6 Å². The van der Waals surface area contributed by atoms with Crippen LogP contribution in [0.5, 0.6) is 0 Å². The molecule has 6 heteroatoms. The average Bonchev–Trinajstić information content (AvgIpc) is 3.29. The predicted octanol–water partition coefficient (Wildman–Crippen LogP) is 9.11. The predicted molar refractivity (Wildman–Crippen MR) is 146 cm³/mol. The van der Waals surface area contributed by atoms with Crippen LogP contribution in [0.25, 0.3) is 11.8 Å². The maximum absolute atomic E-state index is 13.7. The Bertz CT molecular complexity index is 1440. The van der Waals surface area contributed by atoms with Crippen LogP contribution in [0.1, 0.15) is 42.0 Å². The first-order valence-corrected chi connectivity index (χ1v) is 13.2. The average molecular weight is 519 g/mol. The summed E-state index contributed by atoms with van der Waals surface area (Å²) >= 11 is 14.9. The van der Waals surface area contributed by atoms with E-state index in [1.165, 1.54) is 23.3 Å². The van der Waals surface area contributed by atoms with Gasteiger partial charge in [-0.25, -0.2) is 9.38 Å². The van der Waals surface area contributed by atoms with E-state index in [9.17, 15) is 4.39 Å². The van der Waals surface area contributed by atoms with E-state index in [1.54, 1.807) is 11.8 Å². The van der Waals surface area contributed by atoms with Crippen molar-refractivity contribution >= 4 is 51.9 Å². The van der Waals surface area contributed by atoms with Crippen LogP contribution in [0.15, 0.2) is 100 Å². The molecule has 0 aromatic heterocycles. The minimum absolute atomic E-state index is 0.0903. The summed E-state index contributed by atoms with van der Waals surface area (Å²) in [6, 6.07) is 22.5. The number of fused-ring (bicyclic) bond motifs is 1. The van der Waals surface area contributed by atoms with Crippen molar-refractivity contribution in [3.63, 3.8) is 0 Å². The van der Waals surface area contributed by atoms with Crippen molar-refractivity contribution in [2.75, 3.05) is 0 Å². The molecule has 174 valence electrons. The second kappa shape index (κ2) is 9.34. The molecule has 1 atom stereocenters. The maximum Gasteiger partial charge on any atom is 0.174 e. The molecule has 6 rings (SSSR count). The lowest BCUT2D eigenvalue weighted by Crippen LogP contribution is -2.35. The van der Waals surface area contributed by atoms with Gasteiger partial charge in [0.1, 0.15) is 5.82 Å². The van der Waals surface area contributed by atoms with Gasteiger partial charge in [-0.3, -0.25) is 0 Å². The summed E-state index contributed by atoms with van der Waals surface area (Å²) in [7, 11) is 0. The van der Waals surface area contributed by atoms with Crippen LogP contribution >= 0.6 is 35.0 Å². The first-order valence-electron chi connectivity index (χ1n) is 11.5. The molecule has 3 aliphatic rings. The minimum atomic E-state index is -0.248. The molecular formula is C29H21Cl2FN2S. The van der Waals surface area contributed by atoms with Crippen LogP contribution in [0.2, 0.25) is 10.0 Å². The molecule has 3 aromatic rings. The van der Waals surface area contributed by atoms with E-state index in [1.807, 2.05) is 54.6 Å². The van der Waals surface area contributed by atoms with Crippen molar-refractivity contribution in [2.45, 2.75) is 25.3 Å². The fraction of sp³-hybridized carbons (Fsp3) is 0.138. The normalized spacial score (nSPS) is 20.5. The van der Waals surface area contributed by atoms with Gasteiger partial charge in [-0.1, -0.05) is 71.4 Å². The largest absolute Gasteiger partial charge is 0.308 e. The molecule has 0 spiro atoms. The van der Waals surface area contributed by atoms with E-state index in [2.05, 4.69) is 22.5 Å². The Morgan fingerprint density at radius 2 is 1.66 bits per heavy atom. The molecule has 35 heavy (non-hydrogen) atoms. The lowest BCUT2D eigenvalue weighted by Gasteiger charge is -2.40. The molecular weight excluding hydrogens is 498 g/mol. The maximum atomic E-state index is 13.7. The van der Waals surface area contributed by atoms with Crippen molar-refractivity contribution in [2.24, 2.45) is 4.99 Å². The highest BCUT2D eigenvalue weighted by atomic mass is 35.5. The summed E-state index contributed by atoms with van der Waals surface area (Å²) in [4.78, 5) is 7.44. The van der Waals surface area contributed by atoms with Crippen molar-refractivity contribution in [3.05, 3.63) is 128 Å². The number of amidine groups is 1. The quantitative estimate of drug-likeness (QED) is 0.343. The number of rotatable bonds is 3. The van der Waals surface area contributed by atoms with E-state index in [-0.39, 0.29) is 11.9 Å². The number of allylic oxidation sites excluding steroid dienone is 1. The first-order chi connectivity index (χ1) is 17.1. The van der Waals surface area contributed by atoms with Crippen molar-refractivity contribution in [1.82, 2.24) is 4.90 Å². The van der Waals surface area contributed by atoms with E-state index in [0.717, 1.165) is 62.6 Å². The molecule has 1 unspecified atom stereocenters. The third-order valence-corrected chi connectivity index (χ3v) is 8.14. The van der Waals surface area contributed by atoms with Crippen molar-refractivity contribution in [3.8, 4) is 0 Å². The Hall–Kier alpha value is -2.79. The minimum Gasteiger partial charge on any atom is -0.308 e. The molecule has 3 aromatic carbocycles. The van der Waals surface area contributed by atoms with Crippen LogP contribution in [0, 0.1) is 5.82 Å². The molecule has 0 saturated carbocycles. The second-order valence-electron chi connectivity index (χ2n) is 8.73. The molecule has 0 amide bonds. The smallest absolute Gasteiger partial charge is 0.174 e. The summed E-state index contributed by atoms with van der Waals surface area (Å²) in [6.45, 7) is 0. The van der Waals surface area contributed by atoms with Crippen LogP contribution in [0.4, 0.5) is 4.39 Å². The van der Waals surface area contributed by atoms with Crippen molar-refractivity contribution in [1.29, 1.82) is 0 Å². The number of benzene rings is 3. The lowest BCUT2D eigenvalue weighted by molar-refractivity contribution is 0.458. The fourth-order valence-corrected chi connectivity index (χ4v) is 6.36. The number of hydrogen-bond acceptors (Lipinski definition) is 3. The molecule has 0 saturated heterocycles. The van der Waals surface area contributed by atoms with E-state index >= 15 is 0 Å². The monoisotopic (exact) mass is 518 g/mol. The van der Waals surface area contributed by atoms with Gasteiger partial charge in [-0.2, -0.15) is 0 Å². The summed E-state index contributed by atoms with van der Waals surface area (Å²) in [5.74, 6) is -0.248.